The minimum Gasteiger partial charge on any atom is -0.466 e. The number of benzene rings is 1. The molecule has 1 aromatic rings. The second kappa shape index (κ2) is 9.94. The van der Waals surface area contributed by atoms with Gasteiger partial charge in [-0.05, 0) is 52.7 Å². The summed E-state index contributed by atoms with van der Waals surface area (Å²) in [6, 6.07) is 8.37. The third kappa shape index (κ3) is 8.14. The van der Waals surface area contributed by atoms with Crippen LogP contribution in [0.4, 0.5) is 9.18 Å². The maximum Gasteiger partial charge on any atom is 0.408 e. The Labute approximate surface area is 154 Å². The first kappa shape index (κ1) is 21.7. The Hall–Kier alpha value is -2.37. The predicted octanol–water partition coefficient (Wildman–Crippen LogP) is 4.18. The largest absolute Gasteiger partial charge is 0.466 e. The highest BCUT2D eigenvalue weighted by atomic mass is 19.1. The molecule has 0 heterocycles. The summed E-state index contributed by atoms with van der Waals surface area (Å²) in [5, 5.41) is 2.42. The fraction of sp³-hybridized carbons (Fsp3) is 0.500. The average molecular weight is 365 g/mol. The Morgan fingerprint density at radius 1 is 1.23 bits per heavy atom. The van der Waals surface area contributed by atoms with Crippen LogP contribution in [-0.2, 0) is 20.7 Å². The summed E-state index contributed by atoms with van der Waals surface area (Å²) < 4.78 is 24.7. The van der Waals surface area contributed by atoms with Gasteiger partial charge in [0.1, 0.15) is 11.4 Å². The van der Waals surface area contributed by atoms with Crippen LogP contribution in [0.2, 0.25) is 0 Å². The highest BCUT2D eigenvalue weighted by Crippen LogP contribution is 2.17. The van der Waals surface area contributed by atoms with E-state index < -0.39 is 35.5 Å². The first-order chi connectivity index (χ1) is 12.1. The van der Waals surface area contributed by atoms with E-state index in [1.165, 1.54) is 13.0 Å². The van der Waals surface area contributed by atoms with Crippen LogP contribution in [0.3, 0.4) is 0 Å². The van der Waals surface area contributed by atoms with Crippen molar-refractivity contribution in [1.29, 1.82) is 0 Å². The molecule has 144 valence electrons. The number of esters is 1. The number of hydrogen-bond acceptors (Lipinski definition) is 4. The van der Waals surface area contributed by atoms with Crippen molar-refractivity contribution in [2.24, 2.45) is 5.92 Å². The van der Waals surface area contributed by atoms with Gasteiger partial charge < -0.3 is 14.8 Å². The Morgan fingerprint density at radius 2 is 1.85 bits per heavy atom. The number of nitrogens with one attached hydrogen (secondary N) is 1. The summed E-state index contributed by atoms with van der Waals surface area (Å²) in [6.45, 7) is 8.57. The summed E-state index contributed by atoms with van der Waals surface area (Å²) in [5.74, 6) is -1.90. The maximum absolute atomic E-state index is 14.5. The normalized spacial score (nSPS) is 14.3. The van der Waals surface area contributed by atoms with Crippen molar-refractivity contribution in [1.82, 2.24) is 5.32 Å². The summed E-state index contributed by atoms with van der Waals surface area (Å²) in [6.07, 6.45) is 0.795. The molecule has 1 amide bonds. The molecule has 6 heteroatoms. The van der Waals surface area contributed by atoms with E-state index in [0.717, 1.165) is 5.56 Å². The standard InChI is InChI=1S/C20H28FNO4/c1-6-25-18(23)16(12-15-10-8-7-9-11-15)13-17(21)14(2)22-19(24)26-20(3,4)5/h7-11,13-14,16H,6,12H2,1-5H3,(H,22,24)/b17-13+/t14-,16+/m1/s1. The minimum absolute atomic E-state index is 0.214. The number of alkyl carbamates (subject to hydrolysis) is 1. The number of carbonyl (C=O) groups excluding carboxylic acids is 2. The third-order valence-corrected chi connectivity index (χ3v) is 3.40. The van der Waals surface area contributed by atoms with Crippen LogP contribution in [0, 0.1) is 5.92 Å². The fourth-order valence-electron chi connectivity index (χ4n) is 2.22. The quantitative estimate of drug-likeness (QED) is 0.737. The van der Waals surface area contributed by atoms with E-state index in [-0.39, 0.29) is 6.61 Å². The molecule has 0 radical (unpaired) electrons. The van der Waals surface area contributed by atoms with Crippen LogP contribution in [0.25, 0.3) is 0 Å². The van der Waals surface area contributed by atoms with Crippen molar-refractivity contribution in [3.8, 4) is 0 Å². The van der Waals surface area contributed by atoms with E-state index in [1.807, 2.05) is 30.3 Å². The Bertz CT molecular complexity index is 622. The van der Waals surface area contributed by atoms with Gasteiger partial charge in [-0.3, -0.25) is 4.79 Å². The molecular weight excluding hydrogens is 337 g/mol. The van der Waals surface area contributed by atoms with Crippen molar-refractivity contribution in [3.63, 3.8) is 0 Å². The van der Waals surface area contributed by atoms with Crippen LogP contribution >= 0.6 is 0 Å². The molecule has 1 aromatic carbocycles. The van der Waals surface area contributed by atoms with Crippen molar-refractivity contribution in [2.75, 3.05) is 6.61 Å². The van der Waals surface area contributed by atoms with Crippen LogP contribution in [-0.4, -0.2) is 30.3 Å². The number of halogens is 1. The zero-order valence-electron chi connectivity index (χ0n) is 16.0. The predicted molar refractivity (Wildman–Crippen MR) is 98.3 cm³/mol. The molecule has 1 rings (SSSR count). The van der Waals surface area contributed by atoms with Crippen LogP contribution in [0.5, 0.6) is 0 Å². The molecule has 0 fully saturated rings. The van der Waals surface area contributed by atoms with Crippen LogP contribution < -0.4 is 5.32 Å². The van der Waals surface area contributed by atoms with E-state index >= 15 is 0 Å². The highest BCUT2D eigenvalue weighted by Gasteiger charge is 2.23. The number of amides is 1. The van der Waals surface area contributed by atoms with Gasteiger partial charge in [0.05, 0.1) is 18.6 Å². The molecule has 0 aliphatic heterocycles. The minimum atomic E-state index is -0.919. The van der Waals surface area contributed by atoms with E-state index in [2.05, 4.69) is 5.32 Å². The topological polar surface area (TPSA) is 64.6 Å². The van der Waals surface area contributed by atoms with Gasteiger partial charge in [0, 0.05) is 0 Å². The van der Waals surface area contributed by atoms with Gasteiger partial charge in [-0.25, -0.2) is 9.18 Å². The van der Waals surface area contributed by atoms with Crippen molar-refractivity contribution < 1.29 is 23.5 Å². The number of rotatable bonds is 7. The van der Waals surface area contributed by atoms with Gasteiger partial charge in [0.2, 0.25) is 0 Å². The lowest BCUT2D eigenvalue weighted by atomic mass is 9.98. The second-order valence-electron chi connectivity index (χ2n) is 6.97. The molecule has 0 saturated heterocycles. The average Bonchev–Trinajstić information content (AvgIpc) is 2.53. The van der Waals surface area contributed by atoms with Crippen molar-refractivity contribution in [3.05, 3.63) is 47.8 Å². The lowest BCUT2D eigenvalue weighted by Gasteiger charge is -2.21. The maximum atomic E-state index is 14.5. The van der Waals surface area contributed by atoms with Gasteiger partial charge in [-0.1, -0.05) is 30.3 Å². The number of ether oxygens (including phenoxy) is 2. The van der Waals surface area contributed by atoms with E-state index in [1.54, 1.807) is 27.7 Å². The molecule has 26 heavy (non-hydrogen) atoms. The summed E-state index contributed by atoms with van der Waals surface area (Å²) in [7, 11) is 0. The molecule has 0 aliphatic carbocycles. The van der Waals surface area contributed by atoms with Gasteiger partial charge >= 0.3 is 12.1 Å². The Kier molecular flexibility index (Phi) is 8.29. The van der Waals surface area contributed by atoms with Crippen molar-refractivity contribution >= 4 is 12.1 Å². The number of hydrogen-bond donors (Lipinski definition) is 1. The Morgan fingerprint density at radius 3 is 2.38 bits per heavy atom. The third-order valence-electron chi connectivity index (χ3n) is 3.40. The van der Waals surface area contributed by atoms with Crippen LogP contribution in [0.1, 0.15) is 40.2 Å². The lowest BCUT2D eigenvalue weighted by Crippen LogP contribution is -2.38. The monoisotopic (exact) mass is 365 g/mol. The number of carbonyl (C=O) groups is 2. The van der Waals surface area contributed by atoms with Gasteiger partial charge in [0.15, 0.2) is 0 Å². The molecule has 1 N–H and O–H groups in total. The first-order valence-electron chi connectivity index (χ1n) is 8.69. The summed E-state index contributed by atoms with van der Waals surface area (Å²) >= 11 is 0. The molecule has 0 aliphatic rings. The molecular formula is C20H28FNO4. The summed E-state index contributed by atoms with van der Waals surface area (Å²) in [4.78, 5) is 23.9. The van der Waals surface area contributed by atoms with E-state index in [4.69, 9.17) is 9.47 Å². The second-order valence-corrected chi connectivity index (χ2v) is 6.97. The molecule has 0 bridgehead atoms. The van der Waals surface area contributed by atoms with Gasteiger partial charge in [0.25, 0.3) is 0 Å². The van der Waals surface area contributed by atoms with E-state index in [0.29, 0.717) is 6.42 Å². The van der Waals surface area contributed by atoms with Crippen LogP contribution in [0.15, 0.2) is 42.2 Å². The first-order valence-corrected chi connectivity index (χ1v) is 8.69. The van der Waals surface area contributed by atoms with Gasteiger partial charge in [-0.2, -0.15) is 0 Å². The molecule has 5 nitrogen and oxygen atoms in total. The van der Waals surface area contributed by atoms with Crippen molar-refractivity contribution in [2.45, 2.75) is 52.7 Å². The molecule has 0 unspecified atom stereocenters. The smallest absolute Gasteiger partial charge is 0.408 e. The van der Waals surface area contributed by atoms with Gasteiger partial charge in [-0.15, -0.1) is 0 Å². The molecule has 0 saturated carbocycles. The summed E-state index contributed by atoms with van der Waals surface area (Å²) in [5.41, 5.74) is 0.215. The fourth-order valence-corrected chi connectivity index (χ4v) is 2.22. The molecule has 0 aromatic heterocycles. The Balaban J connectivity index is 2.85. The molecule has 2 atom stereocenters. The molecule has 0 spiro atoms. The zero-order chi connectivity index (χ0) is 19.7. The van der Waals surface area contributed by atoms with E-state index in [9.17, 15) is 14.0 Å². The zero-order valence-corrected chi connectivity index (χ0v) is 16.0. The SMILES string of the molecule is CCOC(=O)[C@H](/C=C(/F)[C@@H](C)NC(=O)OC(C)(C)C)Cc1ccccc1. The lowest BCUT2D eigenvalue weighted by molar-refractivity contribution is -0.146. The highest BCUT2D eigenvalue weighted by molar-refractivity contribution is 5.75.